The van der Waals surface area contributed by atoms with E-state index in [1.165, 1.54) is 25.2 Å². The summed E-state index contributed by atoms with van der Waals surface area (Å²) < 4.78 is 26.0. The molecule has 2 rings (SSSR count). The van der Waals surface area contributed by atoms with Crippen molar-refractivity contribution < 1.29 is 13.2 Å². The normalized spacial score (nSPS) is 13.0. The molecular formula is C16H20ClN3O3S2. The Labute approximate surface area is 156 Å². The number of thiophene rings is 1. The molecule has 1 unspecified atom stereocenters. The maximum absolute atomic E-state index is 12.5. The van der Waals surface area contributed by atoms with Gasteiger partial charge >= 0.3 is 0 Å². The van der Waals surface area contributed by atoms with Crippen LogP contribution in [0.5, 0.6) is 0 Å². The average Bonchev–Trinajstić information content (AvgIpc) is 3.09. The SMILES string of the molecule is CNS(=O)(=O)c1ccc(Cl)c(C(=O)NCC(c2cccs2)N(C)C)c1. The first-order chi connectivity index (χ1) is 11.8. The van der Waals surface area contributed by atoms with E-state index in [9.17, 15) is 13.2 Å². The molecule has 6 nitrogen and oxygen atoms in total. The minimum absolute atomic E-state index is 0.00744. The zero-order valence-electron chi connectivity index (χ0n) is 14.1. The quantitative estimate of drug-likeness (QED) is 0.746. The van der Waals surface area contributed by atoms with Gasteiger partial charge in [-0.15, -0.1) is 11.3 Å². The summed E-state index contributed by atoms with van der Waals surface area (Å²) in [5, 5.41) is 5.01. The number of rotatable bonds is 7. The molecule has 2 N–H and O–H groups in total. The van der Waals surface area contributed by atoms with Crippen LogP contribution in [0.15, 0.2) is 40.6 Å². The molecule has 1 heterocycles. The molecule has 0 bridgehead atoms. The summed E-state index contributed by atoms with van der Waals surface area (Å²) in [5.74, 6) is -0.415. The van der Waals surface area contributed by atoms with Gasteiger partial charge in [-0.25, -0.2) is 13.1 Å². The lowest BCUT2D eigenvalue weighted by Crippen LogP contribution is -2.34. The van der Waals surface area contributed by atoms with Crippen molar-refractivity contribution >= 4 is 38.9 Å². The molecule has 9 heteroatoms. The van der Waals surface area contributed by atoms with E-state index in [1.54, 1.807) is 11.3 Å². The van der Waals surface area contributed by atoms with E-state index in [0.717, 1.165) is 4.88 Å². The van der Waals surface area contributed by atoms with Crippen LogP contribution in [-0.2, 0) is 10.0 Å². The number of benzene rings is 1. The topological polar surface area (TPSA) is 78.5 Å². The summed E-state index contributed by atoms with van der Waals surface area (Å²) in [6.45, 7) is 0.381. The molecule has 0 aliphatic rings. The van der Waals surface area contributed by atoms with E-state index in [1.807, 2.05) is 36.5 Å². The summed E-state index contributed by atoms with van der Waals surface area (Å²) in [6, 6.07) is 8.03. The highest BCUT2D eigenvalue weighted by molar-refractivity contribution is 7.89. The van der Waals surface area contributed by atoms with E-state index in [-0.39, 0.29) is 21.5 Å². The van der Waals surface area contributed by atoms with Crippen molar-refractivity contribution in [2.24, 2.45) is 0 Å². The van der Waals surface area contributed by atoms with Crippen molar-refractivity contribution in [2.45, 2.75) is 10.9 Å². The lowest BCUT2D eigenvalue weighted by molar-refractivity contribution is 0.0942. The van der Waals surface area contributed by atoms with Crippen molar-refractivity contribution in [1.82, 2.24) is 14.9 Å². The fraction of sp³-hybridized carbons (Fsp3) is 0.312. The molecule has 0 radical (unpaired) electrons. The molecule has 1 aromatic heterocycles. The molecule has 0 saturated carbocycles. The van der Waals surface area contributed by atoms with Crippen LogP contribution < -0.4 is 10.0 Å². The molecule has 0 aliphatic carbocycles. The van der Waals surface area contributed by atoms with Crippen LogP contribution in [0.2, 0.25) is 5.02 Å². The van der Waals surface area contributed by atoms with E-state index >= 15 is 0 Å². The van der Waals surface area contributed by atoms with Gasteiger partial charge in [-0.2, -0.15) is 0 Å². The van der Waals surface area contributed by atoms with Gasteiger partial charge in [-0.3, -0.25) is 4.79 Å². The predicted molar refractivity (Wildman–Crippen MR) is 101 cm³/mol. The number of halogens is 1. The van der Waals surface area contributed by atoms with Crippen LogP contribution in [0, 0.1) is 0 Å². The molecule has 0 fully saturated rings. The second-order valence-electron chi connectivity index (χ2n) is 5.55. The van der Waals surface area contributed by atoms with Crippen LogP contribution >= 0.6 is 22.9 Å². The number of likely N-dealkylation sites (N-methyl/N-ethyl adjacent to an activating group) is 1. The van der Waals surface area contributed by atoms with Crippen molar-refractivity contribution in [1.29, 1.82) is 0 Å². The van der Waals surface area contributed by atoms with E-state index in [4.69, 9.17) is 11.6 Å². The first-order valence-electron chi connectivity index (χ1n) is 7.47. The average molecular weight is 402 g/mol. The molecule has 25 heavy (non-hydrogen) atoms. The minimum Gasteiger partial charge on any atom is -0.350 e. The third-order valence-electron chi connectivity index (χ3n) is 3.71. The number of hydrogen-bond acceptors (Lipinski definition) is 5. The number of sulfonamides is 1. The van der Waals surface area contributed by atoms with Crippen molar-refractivity contribution in [2.75, 3.05) is 27.7 Å². The van der Waals surface area contributed by atoms with E-state index in [0.29, 0.717) is 6.54 Å². The second kappa shape index (κ2) is 8.29. The van der Waals surface area contributed by atoms with E-state index < -0.39 is 15.9 Å². The number of amides is 1. The zero-order valence-corrected chi connectivity index (χ0v) is 16.5. The lowest BCUT2D eigenvalue weighted by atomic mass is 10.2. The summed E-state index contributed by atoms with van der Waals surface area (Å²) in [6.07, 6.45) is 0. The fourth-order valence-electron chi connectivity index (χ4n) is 2.27. The Morgan fingerprint density at radius 2 is 2.04 bits per heavy atom. The summed E-state index contributed by atoms with van der Waals surface area (Å²) in [5.41, 5.74) is 0.127. The second-order valence-corrected chi connectivity index (χ2v) is 8.83. The number of carbonyl (C=O) groups is 1. The summed E-state index contributed by atoms with van der Waals surface area (Å²) in [7, 11) is 1.53. The van der Waals surface area contributed by atoms with Crippen LogP contribution in [0.25, 0.3) is 0 Å². The van der Waals surface area contributed by atoms with Gasteiger partial charge in [0.2, 0.25) is 10.0 Å². The summed E-state index contributed by atoms with van der Waals surface area (Å²) in [4.78, 5) is 15.6. The largest absolute Gasteiger partial charge is 0.350 e. The Hall–Kier alpha value is -1.45. The monoisotopic (exact) mass is 401 g/mol. The maximum Gasteiger partial charge on any atom is 0.252 e. The molecule has 136 valence electrons. The molecule has 2 aromatic rings. The van der Waals surface area contributed by atoms with Crippen LogP contribution in [-0.4, -0.2) is 46.9 Å². The van der Waals surface area contributed by atoms with Crippen LogP contribution in [0.1, 0.15) is 21.3 Å². The Kier molecular flexibility index (Phi) is 6.59. The highest BCUT2D eigenvalue weighted by Gasteiger charge is 2.20. The fourth-order valence-corrected chi connectivity index (χ4v) is 4.15. The lowest BCUT2D eigenvalue weighted by Gasteiger charge is -2.23. The van der Waals surface area contributed by atoms with Crippen molar-refractivity contribution in [3.8, 4) is 0 Å². The van der Waals surface area contributed by atoms with Gasteiger partial charge in [0.15, 0.2) is 0 Å². The first-order valence-corrected chi connectivity index (χ1v) is 10.2. The summed E-state index contributed by atoms with van der Waals surface area (Å²) >= 11 is 7.69. The molecule has 0 spiro atoms. The van der Waals surface area contributed by atoms with E-state index in [2.05, 4.69) is 10.0 Å². The standard InChI is InChI=1S/C16H20ClN3O3S2/c1-18-25(22,23)11-6-7-13(17)12(9-11)16(21)19-10-14(20(2)3)15-5-4-8-24-15/h4-9,14,18H,10H2,1-3H3,(H,19,21). The minimum atomic E-state index is -3.65. The van der Waals surface area contributed by atoms with Gasteiger partial charge in [0.05, 0.1) is 21.5 Å². The van der Waals surface area contributed by atoms with Gasteiger partial charge in [0, 0.05) is 11.4 Å². The molecular weight excluding hydrogens is 382 g/mol. The highest BCUT2D eigenvalue weighted by atomic mass is 35.5. The molecule has 1 atom stereocenters. The van der Waals surface area contributed by atoms with Gasteiger partial charge in [0.25, 0.3) is 5.91 Å². The number of nitrogens with one attached hydrogen (secondary N) is 2. The van der Waals surface area contributed by atoms with Crippen LogP contribution in [0.3, 0.4) is 0 Å². The number of carbonyl (C=O) groups excluding carboxylic acids is 1. The zero-order chi connectivity index (χ0) is 18.6. The highest BCUT2D eigenvalue weighted by Crippen LogP contribution is 2.24. The molecule has 1 amide bonds. The number of hydrogen-bond donors (Lipinski definition) is 2. The molecule has 0 saturated heterocycles. The first kappa shape index (κ1) is 19.9. The maximum atomic E-state index is 12.5. The Morgan fingerprint density at radius 3 is 2.60 bits per heavy atom. The third-order valence-corrected chi connectivity index (χ3v) is 6.43. The number of nitrogens with zero attached hydrogens (tertiary/aromatic N) is 1. The Balaban J connectivity index is 2.19. The molecule has 0 aliphatic heterocycles. The van der Waals surface area contributed by atoms with Crippen LogP contribution in [0.4, 0.5) is 0 Å². The van der Waals surface area contributed by atoms with Gasteiger partial charge in [0.1, 0.15) is 0 Å². The third kappa shape index (κ3) is 4.80. The smallest absolute Gasteiger partial charge is 0.252 e. The predicted octanol–water partition coefficient (Wildman–Crippen LogP) is 2.34. The Morgan fingerprint density at radius 1 is 1.32 bits per heavy atom. The van der Waals surface area contributed by atoms with Gasteiger partial charge in [-0.1, -0.05) is 17.7 Å². The van der Waals surface area contributed by atoms with Gasteiger partial charge < -0.3 is 10.2 Å². The van der Waals surface area contributed by atoms with Crippen molar-refractivity contribution in [3.05, 3.63) is 51.2 Å². The van der Waals surface area contributed by atoms with Crippen molar-refractivity contribution in [3.63, 3.8) is 0 Å². The molecule has 1 aromatic carbocycles. The van der Waals surface area contributed by atoms with Gasteiger partial charge in [-0.05, 0) is 50.8 Å². The Bertz CT molecular complexity index is 836.